The van der Waals surface area contributed by atoms with Gasteiger partial charge in [0.2, 0.25) is 0 Å². The highest BCUT2D eigenvalue weighted by Crippen LogP contribution is 2.53. The fourth-order valence-electron chi connectivity index (χ4n) is 8.13. The summed E-state index contributed by atoms with van der Waals surface area (Å²) in [6, 6.07) is 21.1. The first-order chi connectivity index (χ1) is 25.6. The highest BCUT2D eigenvalue weighted by molar-refractivity contribution is 5.96. The van der Waals surface area contributed by atoms with E-state index in [2.05, 4.69) is 0 Å². The Morgan fingerprint density at radius 1 is 0.755 bits per heavy atom. The maximum Gasteiger partial charge on any atom is 0.133 e. The second-order valence-electron chi connectivity index (χ2n) is 13.9. The first-order valence-corrected chi connectivity index (χ1v) is 18.0. The highest BCUT2D eigenvalue weighted by atomic mass is 16.5. The molecule has 2 heterocycles. The molecule has 0 radical (unpaired) electrons. The molecule has 0 aliphatic carbocycles. The van der Waals surface area contributed by atoms with Crippen LogP contribution in [-0.2, 0) is 17.6 Å². The maximum atomic E-state index is 12.3. The van der Waals surface area contributed by atoms with Crippen LogP contribution in [0.15, 0.2) is 72.8 Å². The number of hydrogen-bond acceptors (Lipinski definition) is 10. The van der Waals surface area contributed by atoms with Gasteiger partial charge in [-0.25, -0.2) is 0 Å². The van der Waals surface area contributed by atoms with Crippen molar-refractivity contribution in [2.45, 2.75) is 50.9 Å². The largest absolute Gasteiger partial charge is 0.508 e. The Bertz CT molecular complexity index is 2130. The second-order valence-corrected chi connectivity index (χ2v) is 13.9. The Kier molecular flexibility index (Phi) is 10.3. The van der Waals surface area contributed by atoms with Gasteiger partial charge < -0.3 is 49.2 Å². The van der Waals surface area contributed by atoms with Crippen LogP contribution < -0.4 is 18.9 Å². The van der Waals surface area contributed by atoms with E-state index in [9.17, 15) is 25.5 Å². The van der Waals surface area contributed by atoms with Crippen LogP contribution in [0, 0.1) is 11.8 Å². The third-order valence-corrected chi connectivity index (χ3v) is 10.8. The van der Waals surface area contributed by atoms with Crippen molar-refractivity contribution in [3.8, 4) is 51.4 Å². The van der Waals surface area contributed by atoms with Crippen LogP contribution in [-0.4, -0.2) is 66.2 Å². The van der Waals surface area contributed by atoms with Crippen LogP contribution in [0.3, 0.4) is 0 Å². The Balaban J connectivity index is 1.29. The molecule has 0 amide bonds. The van der Waals surface area contributed by atoms with Crippen molar-refractivity contribution >= 4 is 10.8 Å². The van der Waals surface area contributed by atoms with Gasteiger partial charge in [-0.15, -0.1) is 0 Å². The predicted octanol–water partition coefficient (Wildman–Crippen LogP) is 7.37. The molecule has 0 fully saturated rings. The highest BCUT2D eigenvalue weighted by Gasteiger charge is 2.48. The minimum absolute atomic E-state index is 0.0860. The number of aliphatic hydroxyl groups excluding tert-OH is 2. The molecule has 0 spiro atoms. The minimum Gasteiger partial charge on any atom is -0.508 e. The number of benzene rings is 5. The molecule has 10 heteroatoms. The molecule has 0 saturated heterocycles. The lowest BCUT2D eigenvalue weighted by atomic mass is 9.72. The summed E-state index contributed by atoms with van der Waals surface area (Å²) in [4.78, 5) is 0. The normalized spacial score (nSPS) is 20.6. The van der Waals surface area contributed by atoms with E-state index in [0.717, 1.165) is 27.8 Å². The zero-order valence-corrected chi connectivity index (χ0v) is 30.3. The van der Waals surface area contributed by atoms with Crippen molar-refractivity contribution in [2.75, 3.05) is 34.5 Å². The van der Waals surface area contributed by atoms with Gasteiger partial charge in [-0.1, -0.05) is 19.1 Å². The number of aliphatic hydroxyl groups is 2. The molecule has 53 heavy (non-hydrogen) atoms. The van der Waals surface area contributed by atoms with Crippen molar-refractivity contribution in [2.24, 2.45) is 11.8 Å². The number of ether oxygens (including phenoxy) is 5. The summed E-state index contributed by atoms with van der Waals surface area (Å²) in [5, 5.41) is 57.3. The Morgan fingerprint density at radius 2 is 1.55 bits per heavy atom. The van der Waals surface area contributed by atoms with Gasteiger partial charge in [0.15, 0.2) is 0 Å². The van der Waals surface area contributed by atoms with E-state index in [1.165, 1.54) is 0 Å². The lowest BCUT2D eigenvalue weighted by molar-refractivity contribution is -0.0883. The van der Waals surface area contributed by atoms with Crippen molar-refractivity contribution in [3.63, 3.8) is 0 Å². The van der Waals surface area contributed by atoms with Gasteiger partial charge >= 0.3 is 0 Å². The summed E-state index contributed by atoms with van der Waals surface area (Å²) >= 11 is 0. The van der Waals surface area contributed by atoms with Crippen LogP contribution in [0.4, 0.5) is 0 Å². The maximum absolute atomic E-state index is 12.3. The lowest BCUT2D eigenvalue weighted by Gasteiger charge is -2.45. The van der Waals surface area contributed by atoms with Gasteiger partial charge in [0.25, 0.3) is 0 Å². The van der Waals surface area contributed by atoms with Crippen LogP contribution in [0.1, 0.15) is 59.8 Å². The number of aryl methyl sites for hydroxylation is 1. The number of phenolic OH excluding ortho intramolecular Hbond substituents is 3. The van der Waals surface area contributed by atoms with Gasteiger partial charge in [-0.05, 0) is 102 Å². The van der Waals surface area contributed by atoms with Crippen molar-refractivity contribution in [1.82, 2.24) is 0 Å². The van der Waals surface area contributed by atoms with Crippen molar-refractivity contribution < 1.29 is 49.2 Å². The third-order valence-electron chi connectivity index (χ3n) is 10.8. The predicted molar refractivity (Wildman–Crippen MR) is 200 cm³/mol. The molecule has 10 nitrogen and oxygen atoms in total. The Hall–Kier alpha value is -5.16. The number of hydrogen-bond donors (Lipinski definition) is 5. The zero-order chi connectivity index (χ0) is 37.4. The zero-order valence-electron chi connectivity index (χ0n) is 30.3. The third kappa shape index (κ3) is 6.78. The Labute approximate surface area is 308 Å². The van der Waals surface area contributed by atoms with E-state index in [4.69, 9.17) is 23.7 Å². The minimum atomic E-state index is -1.05. The Morgan fingerprint density at radius 3 is 2.28 bits per heavy atom. The molecule has 5 aromatic carbocycles. The van der Waals surface area contributed by atoms with E-state index >= 15 is 0 Å². The molecular formula is C43H46O10. The smallest absolute Gasteiger partial charge is 0.133 e. The summed E-state index contributed by atoms with van der Waals surface area (Å²) in [6.07, 6.45) is -0.417. The van der Waals surface area contributed by atoms with Crippen LogP contribution in [0.25, 0.3) is 21.9 Å². The van der Waals surface area contributed by atoms with Gasteiger partial charge in [-0.2, -0.15) is 0 Å². The summed E-state index contributed by atoms with van der Waals surface area (Å²) in [5.41, 5.74) is 5.08. The summed E-state index contributed by atoms with van der Waals surface area (Å²) in [6.45, 7) is 2.58. The van der Waals surface area contributed by atoms with Gasteiger partial charge in [-0.3, -0.25) is 0 Å². The summed E-state index contributed by atoms with van der Waals surface area (Å²) < 4.78 is 30.1. The van der Waals surface area contributed by atoms with E-state index in [0.29, 0.717) is 77.2 Å². The number of methoxy groups -OCH3 is 3. The summed E-state index contributed by atoms with van der Waals surface area (Å²) in [7, 11) is 4.75. The van der Waals surface area contributed by atoms with E-state index in [1.54, 1.807) is 75.9 Å². The molecule has 7 rings (SSSR count). The number of fused-ring (bicyclic) bond motifs is 4. The van der Waals surface area contributed by atoms with Gasteiger partial charge in [0, 0.05) is 59.4 Å². The molecule has 278 valence electrons. The number of aromatic hydroxyl groups is 3. The first kappa shape index (κ1) is 36.2. The molecule has 0 bridgehead atoms. The molecule has 5 atom stereocenters. The van der Waals surface area contributed by atoms with Crippen LogP contribution in [0.5, 0.6) is 40.2 Å². The van der Waals surface area contributed by atoms with E-state index in [-0.39, 0.29) is 23.9 Å². The molecule has 2 aliphatic rings. The van der Waals surface area contributed by atoms with Crippen LogP contribution >= 0.6 is 0 Å². The fourth-order valence-corrected chi connectivity index (χ4v) is 8.13. The lowest BCUT2D eigenvalue weighted by Crippen LogP contribution is -2.46. The topological polar surface area (TPSA) is 147 Å². The van der Waals surface area contributed by atoms with Crippen molar-refractivity contribution in [1.29, 1.82) is 0 Å². The average Bonchev–Trinajstić information content (AvgIpc) is 3.15. The molecular weight excluding hydrogens is 676 g/mol. The van der Waals surface area contributed by atoms with E-state index in [1.807, 2.05) is 25.1 Å². The van der Waals surface area contributed by atoms with Gasteiger partial charge in [0.05, 0.1) is 33.0 Å². The molecule has 5 N–H and O–H groups in total. The van der Waals surface area contributed by atoms with Gasteiger partial charge in [0.1, 0.15) is 46.4 Å². The molecule has 2 aliphatic heterocycles. The average molecular weight is 723 g/mol. The molecule has 5 aromatic rings. The number of rotatable bonds is 11. The fraction of sp³-hybridized carbons (Fsp3) is 0.349. The molecule has 0 aromatic heterocycles. The summed E-state index contributed by atoms with van der Waals surface area (Å²) in [5.74, 6) is 1.29. The standard InChI is InChI=1S/C43H46O10/c1-5-23-17-31(24-8-6-9-27(44)15-24)25(18-36(23)46)14-26-16-29(50-3)20-33-40(47)35(22-52-42(26)33)39-37(10-7-13-49-2)53-43-30-12-11-28(45)19-32(30)38(51-4)21-34(43)41(39)48/h6,8-9,11-12,15-21,35,37,39-41,44-48H,5,7,10,13-14,22H2,1-4H3/t35-,37-,39-,40-,41+/m1/s1. The molecule has 0 unspecified atom stereocenters. The van der Waals surface area contributed by atoms with E-state index < -0.39 is 30.1 Å². The SMILES string of the molecule is CCc1cc(-c2cccc(O)c2)c(Cc2cc(OC)cc3c2OC[C@H]([C@@H]2[C@@H](CCCOC)Oc4c(cc(OC)c5cc(O)ccc45)[C@@H]2O)[C@@H]3O)cc1O. The van der Waals surface area contributed by atoms with Crippen LogP contribution in [0.2, 0.25) is 0 Å². The van der Waals surface area contributed by atoms with Crippen molar-refractivity contribution in [3.05, 3.63) is 101 Å². The first-order valence-electron chi connectivity index (χ1n) is 18.0. The molecule has 0 saturated carbocycles. The monoisotopic (exact) mass is 722 g/mol. The number of phenols is 3. The second kappa shape index (κ2) is 15.1. The quantitative estimate of drug-likeness (QED) is 0.0876.